The Labute approximate surface area is 84.0 Å². The van der Waals surface area contributed by atoms with Crippen molar-refractivity contribution in [2.24, 2.45) is 0 Å². The molecule has 0 aliphatic heterocycles. The highest BCUT2D eigenvalue weighted by Gasteiger charge is 2.18. The fourth-order valence-corrected chi connectivity index (χ4v) is 1.48. The number of nitriles is 1. The third-order valence-corrected chi connectivity index (χ3v) is 2.25. The summed E-state index contributed by atoms with van der Waals surface area (Å²) in [6, 6.07) is 7.71. The number of hydrogen-bond donors (Lipinski definition) is 0. The van der Waals surface area contributed by atoms with Gasteiger partial charge in [0.15, 0.2) is 0 Å². The molecule has 0 aromatic heterocycles. The zero-order valence-electron chi connectivity index (χ0n) is 8.06. The molecule has 13 heavy (non-hydrogen) atoms. The van der Waals surface area contributed by atoms with Gasteiger partial charge in [-0.1, -0.05) is 44.5 Å². The van der Waals surface area contributed by atoms with E-state index in [0.717, 1.165) is 5.56 Å². The van der Waals surface area contributed by atoms with Crippen molar-refractivity contribution in [2.45, 2.75) is 26.2 Å². The van der Waals surface area contributed by atoms with E-state index in [1.54, 1.807) is 6.07 Å². The maximum Gasteiger partial charge on any atom is 0.101 e. The molecule has 1 aromatic rings. The molecular formula is C11H12ClN. The topological polar surface area (TPSA) is 23.8 Å². The van der Waals surface area contributed by atoms with Gasteiger partial charge >= 0.3 is 0 Å². The molecule has 0 saturated heterocycles. The third kappa shape index (κ3) is 2.02. The normalized spacial score (nSPS) is 11.0. The lowest BCUT2D eigenvalue weighted by atomic mass is 9.84. The smallest absolute Gasteiger partial charge is 0.101 e. The summed E-state index contributed by atoms with van der Waals surface area (Å²) in [4.78, 5) is 0. The zero-order chi connectivity index (χ0) is 10.1. The van der Waals surface area contributed by atoms with Crippen LogP contribution in [-0.4, -0.2) is 0 Å². The number of halogens is 1. The molecule has 1 nitrogen and oxygen atoms in total. The maximum absolute atomic E-state index is 8.93. The van der Waals surface area contributed by atoms with Crippen LogP contribution in [0.4, 0.5) is 0 Å². The van der Waals surface area contributed by atoms with Crippen LogP contribution in [0.5, 0.6) is 0 Å². The van der Waals surface area contributed by atoms with E-state index in [-0.39, 0.29) is 5.41 Å². The lowest BCUT2D eigenvalue weighted by Crippen LogP contribution is -2.13. The predicted octanol–water partition coefficient (Wildman–Crippen LogP) is 3.51. The summed E-state index contributed by atoms with van der Waals surface area (Å²) in [5.74, 6) is 0. The molecule has 0 unspecified atom stereocenters. The molecule has 0 fully saturated rings. The van der Waals surface area contributed by atoms with E-state index >= 15 is 0 Å². The molecule has 0 heterocycles. The van der Waals surface area contributed by atoms with E-state index in [0.29, 0.717) is 10.6 Å². The van der Waals surface area contributed by atoms with E-state index < -0.39 is 0 Å². The van der Waals surface area contributed by atoms with Crippen LogP contribution in [0.25, 0.3) is 0 Å². The van der Waals surface area contributed by atoms with Crippen LogP contribution in [0, 0.1) is 11.3 Å². The summed E-state index contributed by atoms with van der Waals surface area (Å²) >= 11 is 5.91. The van der Waals surface area contributed by atoms with Crippen molar-refractivity contribution in [1.82, 2.24) is 0 Å². The van der Waals surface area contributed by atoms with Crippen molar-refractivity contribution in [3.8, 4) is 6.07 Å². The molecule has 0 bridgehead atoms. The highest BCUT2D eigenvalue weighted by molar-refractivity contribution is 6.31. The first-order valence-corrected chi connectivity index (χ1v) is 4.53. The van der Waals surface area contributed by atoms with Crippen LogP contribution in [0.2, 0.25) is 5.02 Å². The second kappa shape index (κ2) is 3.40. The molecular weight excluding hydrogens is 182 g/mol. The van der Waals surface area contributed by atoms with E-state index in [9.17, 15) is 0 Å². The molecule has 1 aromatic carbocycles. The molecule has 2 heteroatoms. The van der Waals surface area contributed by atoms with Crippen molar-refractivity contribution in [1.29, 1.82) is 5.26 Å². The molecule has 1 rings (SSSR count). The zero-order valence-corrected chi connectivity index (χ0v) is 8.81. The lowest BCUT2D eigenvalue weighted by molar-refractivity contribution is 0.588. The van der Waals surface area contributed by atoms with Crippen molar-refractivity contribution >= 4 is 11.6 Å². The lowest BCUT2D eigenvalue weighted by Gasteiger charge is -2.20. The molecule has 0 atom stereocenters. The maximum atomic E-state index is 8.93. The van der Waals surface area contributed by atoms with Crippen LogP contribution >= 0.6 is 11.6 Å². The van der Waals surface area contributed by atoms with Crippen molar-refractivity contribution in [3.05, 3.63) is 34.3 Å². The van der Waals surface area contributed by atoms with Crippen molar-refractivity contribution in [3.63, 3.8) is 0 Å². The summed E-state index contributed by atoms with van der Waals surface area (Å²) in [6.45, 7) is 6.21. The van der Waals surface area contributed by atoms with Gasteiger partial charge in [0.25, 0.3) is 0 Å². The molecule has 0 aliphatic rings. The second-order valence-corrected chi connectivity index (χ2v) is 4.43. The number of benzene rings is 1. The minimum atomic E-state index is -0.0318. The first-order chi connectivity index (χ1) is 5.96. The molecule has 0 saturated carbocycles. The van der Waals surface area contributed by atoms with Gasteiger partial charge in [0.1, 0.15) is 6.07 Å². The Bertz CT molecular complexity index is 355. The molecule has 0 N–H and O–H groups in total. The Kier molecular flexibility index (Phi) is 2.63. The Hall–Kier alpha value is -1.00. The summed E-state index contributed by atoms with van der Waals surface area (Å²) < 4.78 is 0. The van der Waals surface area contributed by atoms with Crippen LogP contribution in [0.15, 0.2) is 18.2 Å². The molecule has 0 amide bonds. The number of rotatable bonds is 0. The Morgan fingerprint density at radius 2 is 1.92 bits per heavy atom. The van der Waals surface area contributed by atoms with Gasteiger partial charge in [-0.15, -0.1) is 0 Å². The molecule has 0 radical (unpaired) electrons. The van der Waals surface area contributed by atoms with Gasteiger partial charge in [-0.25, -0.2) is 0 Å². The largest absolute Gasteiger partial charge is 0.192 e. The molecule has 0 spiro atoms. The van der Waals surface area contributed by atoms with Crippen molar-refractivity contribution in [2.75, 3.05) is 0 Å². The standard InChI is InChI=1S/C11H12ClN/c1-11(2,3)9-5-4-6-10(12)8(9)7-13/h4-6H,1-3H3. The van der Waals surface area contributed by atoms with Crippen LogP contribution in [0.3, 0.4) is 0 Å². The van der Waals surface area contributed by atoms with Crippen molar-refractivity contribution < 1.29 is 0 Å². The third-order valence-electron chi connectivity index (χ3n) is 1.93. The Morgan fingerprint density at radius 3 is 2.31 bits per heavy atom. The first-order valence-electron chi connectivity index (χ1n) is 4.16. The minimum Gasteiger partial charge on any atom is -0.192 e. The van der Waals surface area contributed by atoms with Gasteiger partial charge < -0.3 is 0 Å². The van der Waals surface area contributed by atoms with E-state index in [1.165, 1.54) is 0 Å². The first kappa shape index (κ1) is 10.1. The fraction of sp³-hybridized carbons (Fsp3) is 0.364. The Morgan fingerprint density at radius 1 is 1.31 bits per heavy atom. The Balaban J connectivity index is 3.40. The minimum absolute atomic E-state index is 0.0318. The second-order valence-electron chi connectivity index (χ2n) is 4.02. The average molecular weight is 194 g/mol. The summed E-state index contributed by atoms with van der Waals surface area (Å²) in [7, 11) is 0. The highest BCUT2D eigenvalue weighted by Crippen LogP contribution is 2.29. The summed E-state index contributed by atoms with van der Waals surface area (Å²) in [5.41, 5.74) is 1.56. The summed E-state index contributed by atoms with van der Waals surface area (Å²) in [6.07, 6.45) is 0. The highest BCUT2D eigenvalue weighted by atomic mass is 35.5. The molecule has 0 aliphatic carbocycles. The van der Waals surface area contributed by atoms with Crippen LogP contribution in [0.1, 0.15) is 31.9 Å². The average Bonchev–Trinajstić information content (AvgIpc) is 2.02. The van der Waals surface area contributed by atoms with Crippen LogP contribution in [-0.2, 0) is 5.41 Å². The van der Waals surface area contributed by atoms with Gasteiger partial charge in [0.2, 0.25) is 0 Å². The summed E-state index contributed by atoms with van der Waals surface area (Å²) in [5, 5.41) is 9.47. The predicted molar refractivity (Wildman–Crippen MR) is 54.9 cm³/mol. The van der Waals surface area contributed by atoms with Gasteiger partial charge in [0.05, 0.1) is 10.6 Å². The molecule has 68 valence electrons. The quantitative estimate of drug-likeness (QED) is 0.619. The van der Waals surface area contributed by atoms with Gasteiger partial charge in [-0.05, 0) is 17.0 Å². The van der Waals surface area contributed by atoms with E-state index in [2.05, 4.69) is 26.8 Å². The van der Waals surface area contributed by atoms with Gasteiger partial charge in [-0.2, -0.15) is 5.26 Å². The fourth-order valence-electron chi connectivity index (χ4n) is 1.26. The van der Waals surface area contributed by atoms with Crippen LogP contribution < -0.4 is 0 Å². The van der Waals surface area contributed by atoms with E-state index in [4.69, 9.17) is 16.9 Å². The number of hydrogen-bond acceptors (Lipinski definition) is 1. The monoisotopic (exact) mass is 193 g/mol. The van der Waals surface area contributed by atoms with E-state index in [1.807, 2.05) is 12.1 Å². The van der Waals surface area contributed by atoms with Gasteiger partial charge in [-0.3, -0.25) is 0 Å². The SMILES string of the molecule is CC(C)(C)c1cccc(Cl)c1C#N. The van der Waals surface area contributed by atoms with Gasteiger partial charge in [0, 0.05) is 0 Å². The number of nitrogens with zero attached hydrogens (tertiary/aromatic N) is 1.